The highest BCUT2D eigenvalue weighted by Crippen LogP contribution is 2.23. The molecule has 0 aromatic heterocycles. The molecule has 3 amide bonds. The minimum Gasteiger partial charge on any atom is -0.452 e. The van der Waals surface area contributed by atoms with Gasteiger partial charge in [-0.2, -0.15) is 0 Å². The maximum absolute atomic E-state index is 13.2. The number of benzene rings is 1. The molecule has 0 saturated heterocycles. The van der Waals surface area contributed by atoms with E-state index in [0.29, 0.717) is 11.5 Å². The van der Waals surface area contributed by atoms with Crippen molar-refractivity contribution in [2.24, 2.45) is 5.92 Å². The Labute approximate surface area is 146 Å². The number of hydrogen-bond donors (Lipinski definition) is 2. The fourth-order valence-electron chi connectivity index (χ4n) is 2.92. The molecule has 0 heterocycles. The van der Waals surface area contributed by atoms with Gasteiger partial charge in [-0.1, -0.05) is 25.8 Å². The summed E-state index contributed by atoms with van der Waals surface area (Å²) in [5, 5.41) is 4.91. The number of urea groups is 1. The molecule has 0 aliphatic heterocycles. The molecule has 0 spiro atoms. The average molecular weight is 350 g/mol. The summed E-state index contributed by atoms with van der Waals surface area (Å²) in [5.74, 6) is -1.75. The number of halogens is 1. The lowest BCUT2D eigenvalue weighted by molar-refractivity contribution is -0.123. The van der Waals surface area contributed by atoms with Crippen LogP contribution in [0.25, 0.3) is 0 Å². The van der Waals surface area contributed by atoms with E-state index in [-0.39, 0.29) is 11.6 Å². The minimum atomic E-state index is -0.812. The number of hydrogen-bond acceptors (Lipinski definition) is 4. The molecule has 2 rings (SSSR count). The van der Waals surface area contributed by atoms with Crippen LogP contribution >= 0.6 is 0 Å². The maximum Gasteiger partial charge on any atom is 0.339 e. The first-order valence-corrected chi connectivity index (χ1v) is 8.40. The van der Waals surface area contributed by atoms with Gasteiger partial charge in [-0.25, -0.2) is 14.0 Å². The summed E-state index contributed by atoms with van der Waals surface area (Å²) in [7, 11) is 0. The molecule has 25 heavy (non-hydrogen) atoms. The molecule has 1 aliphatic rings. The lowest BCUT2D eigenvalue weighted by atomic mass is 9.86. The van der Waals surface area contributed by atoms with Crippen molar-refractivity contribution >= 4 is 17.9 Å². The van der Waals surface area contributed by atoms with Crippen LogP contribution in [0.1, 0.15) is 48.5 Å². The van der Waals surface area contributed by atoms with E-state index in [1.165, 1.54) is 12.1 Å². The summed E-state index contributed by atoms with van der Waals surface area (Å²) < 4.78 is 18.0. The fraction of sp³-hybridized carbons (Fsp3) is 0.500. The molecule has 2 atom stereocenters. The minimum absolute atomic E-state index is 0.0408. The molecule has 1 aliphatic carbocycles. The lowest BCUT2D eigenvalue weighted by Crippen LogP contribution is -2.48. The van der Waals surface area contributed by atoms with Crippen LogP contribution < -0.4 is 10.6 Å². The largest absolute Gasteiger partial charge is 0.452 e. The number of imide groups is 1. The zero-order valence-corrected chi connectivity index (χ0v) is 14.4. The van der Waals surface area contributed by atoms with Crippen molar-refractivity contribution in [3.63, 3.8) is 0 Å². The smallest absolute Gasteiger partial charge is 0.339 e. The normalized spacial score (nSPS) is 19.8. The zero-order valence-electron chi connectivity index (χ0n) is 14.4. The van der Waals surface area contributed by atoms with Crippen molar-refractivity contribution in [2.45, 2.75) is 45.6 Å². The number of carbonyl (C=O) groups is 3. The van der Waals surface area contributed by atoms with Crippen molar-refractivity contribution in [1.82, 2.24) is 10.6 Å². The Morgan fingerprint density at radius 3 is 2.68 bits per heavy atom. The summed E-state index contributed by atoms with van der Waals surface area (Å²) in [5.41, 5.74) is 0.587. The van der Waals surface area contributed by atoms with Gasteiger partial charge in [0.1, 0.15) is 5.82 Å². The third kappa shape index (κ3) is 5.55. The molecule has 2 unspecified atom stereocenters. The Bertz CT molecular complexity index is 662. The van der Waals surface area contributed by atoms with Gasteiger partial charge in [-0.3, -0.25) is 10.1 Å². The van der Waals surface area contributed by atoms with E-state index in [1.54, 1.807) is 6.92 Å². The third-order valence-electron chi connectivity index (χ3n) is 4.43. The van der Waals surface area contributed by atoms with Crippen LogP contribution in [0, 0.1) is 18.7 Å². The van der Waals surface area contributed by atoms with Gasteiger partial charge in [0.25, 0.3) is 5.91 Å². The van der Waals surface area contributed by atoms with E-state index >= 15 is 0 Å². The van der Waals surface area contributed by atoms with Crippen LogP contribution in [0.5, 0.6) is 0 Å². The van der Waals surface area contributed by atoms with Gasteiger partial charge in [0.2, 0.25) is 0 Å². The second-order valence-electron chi connectivity index (χ2n) is 6.43. The van der Waals surface area contributed by atoms with Gasteiger partial charge in [0.05, 0.1) is 5.56 Å². The summed E-state index contributed by atoms with van der Waals surface area (Å²) in [4.78, 5) is 35.5. The Balaban J connectivity index is 1.79. The van der Waals surface area contributed by atoms with E-state index in [9.17, 15) is 18.8 Å². The summed E-state index contributed by atoms with van der Waals surface area (Å²) in [6.45, 7) is 3.09. The van der Waals surface area contributed by atoms with Gasteiger partial charge < -0.3 is 10.1 Å². The Morgan fingerprint density at radius 1 is 1.24 bits per heavy atom. The first-order valence-electron chi connectivity index (χ1n) is 8.40. The number of aryl methyl sites for hydroxylation is 1. The predicted octanol–water partition coefficient (Wildman–Crippen LogP) is 2.70. The zero-order chi connectivity index (χ0) is 18.4. The number of carbonyl (C=O) groups excluding carboxylic acids is 3. The molecule has 1 aromatic rings. The molecule has 136 valence electrons. The lowest BCUT2D eigenvalue weighted by Gasteiger charge is -2.29. The van der Waals surface area contributed by atoms with Gasteiger partial charge in [0, 0.05) is 6.04 Å². The van der Waals surface area contributed by atoms with Crippen LogP contribution in [-0.4, -0.2) is 30.6 Å². The molecule has 0 bridgehead atoms. The Morgan fingerprint density at radius 2 is 1.96 bits per heavy atom. The number of ether oxygens (including phenoxy) is 1. The van der Waals surface area contributed by atoms with Crippen LogP contribution in [0.15, 0.2) is 18.2 Å². The summed E-state index contributed by atoms with van der Waals surface area (Å²) >= 11 is 0. The molecule has 6 nitrogen and oxygen atoms in total. The van der Waals surface area contributed by atoms with Crippen LogP contribution in [0.2, 0.25) is 0 Å². The van der Waals surface area contributed by atoms with Crippen molar-refractivity contribution in [3.05, 3.63) is 35.1 Å². The topological polar surface area (TPSA) is 84.5 Å². The number of esters is 1. The first-order chi connectivity index (χ1) is 11.9. The van der Waals surface area contributed by atoms with E-state index < -0.39 is 30.3 Å². The fourth-order valence-corrected chi connectivity index (χ4v) is 2.92. The highest BCUT2D eigenvalue weighted by Gasteiger charge is 2.23. The van der Waals surface area contributed by atoms with Crippen molar-refractivity contribution < 1.29 is 23.5 Å². The molecule has 2 N–H and O–H groups in total. The molecule has 1 aromatic carbocycles. The monoisotopic (exact) mass is 350 g/mol. The number of rotatable bonds is 4. The van der Waals surface area contributed by atoms with Gasteiger partial charge in [-0.15, -0.1) is 0 Å². The summed E-state index contributed by atoms with van der Waals surface area (Å²) in [6.07, 6.45) is 4.13. The van der Waals surface area contributed by atoms with E-state index in [4.69, 9.17) is 4.74 Å². The predicted molar refractivity (Wildman–Crippen MR) is 89.5 cm³/mol. The van der Waals surface area contributed by atoms with E-state index in [2.05, 4.69) is 17.6 Å². The van der Waals surface area contributed by atoms with Crippen LogP contribution in [0.4, 0.5) is 9.18 Å². The molecule has 1 fully saturated rings. The number of amides is 3. The average Bonchev–Trinajstić information content (AvgIpc) is 2.57. The summed E-state index contributed by atoms with van der Waals surface area (Å²) in [6, 6.07) is 3.17. The second kappa shape index (κ2) is 8.60. The van der Waals surface area contributed by atoms with Gasteiger partial charge in [-0.05, 0) is 43.4 Å². The molecule has 1 saturated carbocycles. The van der Waals surface area contributed by atoms with Crippen LogP contribution in [-0.2, 0) is 9.53 Å². The van der Waals surface area contributed by atoms with Gasteiger partial charge >= 0.3 is 12.0 Å². The highest BCUT2D eigenvalue weighted by molar-refractivity contribution is 5.97. The van der Waals surface area contributed by atoms with Gasteiger partial charge in [0.15, 0.2) is 6.61 Å². The highest BCUT2D eigenvalue weighted by atomic mass is 19.1. The van der Waals surface area contributed by atoms with E-state index in [1.807, 2.05) is 0 Å². The van der Waals surface area contributed by atoms with Crippen molar-refractivity contribution in [2.75, 3.05) is 6.61 Å². The standard InChI is InChI=1S/C18H23FN2O4/c1-11-7-8-13(19)9-14(11)17(23)25-10-16(22)21-18(24)20-15-6-4-3-5-12(15)2/h7-9,12,15H,3-6,10H2,1-2H3,(H2,20,21,22,24). The Kier molecular flexibility index (Phi) is 6.50. The quantitative estimate of drug-likeness (QED) is 0.818. The van der Waals surface area contributed by atoms with Crippen molar-refractivity contribution in [3.8, 4) is 0 Å². The van der Waals surface area contributed by atoms with E-state index in [0.717, 1.165) is 31.7 Å². The van der Waals surface area contributed by atoms with Crippen LogP contribution in [0.3, 0.4) is 0 Å². The first kappa shape index (κ1) is 18.9. The molecular weight excluding hydrogens is 327 g/mol. The SMILES string of the molecule is Cc1ccc(F)cc1C(=O)OCC(=O)NC(=O)NC1CCCCC1C. The number of nitrogens with one attached hydrogen (secondary N) is 2. The third-order valence-corrected chi connectivity index (χ3v) is 4.43. The molecule has 0 radical (unpaired) electrons. The Hall–Kier alpha value is -2.44. The molecular formula is C18H23FN2O4. The van der Waals surface area contributed by atoms with Crippen molar-refractivity contribution in [1.29, 1.82) is 0 Å². The second-order valence-corrected chi connectivity index (χ2v) is 6.43. The molecule has 7 heteroatoms. The maximum atomic E-state index is 13.2.